The molecule has 0 fully saturated rings. The Hall–Kier alpha value is -1.06. The lowest BCUT2D eigenvalue weighted by Crippen LogP contribution is -2.31. The number of aliphatic hydroxyl groups excluding tert-OH is 1. The quantitative estimate of drug-likeness (QED) is 0.764. The molecule has 0 aliphatic carbocycles. The van der Waals surface area contributed by atoms with E-state index >= 15 is 0 Å². The van der Waals surface area contributed by atoms with Crippen LogP contribution in [0.25, 0.3) is 0 Å². The molecule has 0 radical (unpaired) electrons. The van der Waals surface area contributed by atoms with Crippen molar-refractivity contribution in [2.24, 2.45) is 5.92 Å². The lowest BCUT2D eigenvalue weighted by Gasteiger charge is -2.18. The Morgan fingerprint density at radius 3 is 2.71 bits per heavy atom. The van der Waals surface area contributed by atoms with E-state index in [0.29, 0.717) is 12.5 Å². The number of benzene rings is 1. The maximum atomic E-state index is 9.83. The predicted molar refractivity (Wildman–Crippen MR) is 70.2 cm³/mol. The number of ether oxygens (including phenoxy) is 1. The zero-order valence-corrected chi connectivity index (χ0v) is 10.9. The van der Waals surface area contributed by atoms with Gasteiger partial charge >= 0.3 is 0 Å². The zero-order valence-electron chi connectivity index (χ0n) is 10.9. The zero-order chi connectivity index (χ0) is 12.7. The van der Waals surface area contributed by atoms with Crippen LogP contribution in [0.15, 0.2) is 24.3 Å². The van der Waals surface area contributed by atoms with Gasteiger partial charge in [0.15, 0.2) is 0 Å². The molecule has 3 heteroatoms. The number of hydrogen-bond acceptors (Lipinski definition) is 3. The first-order valence-corrected chi connectivity index (χ1v) is 6.19. The molecule has 0 amide bonds. The van der Waals surface area contributed by atoms with Crippen LogP contribution in [-0.4, -0.2) is 24.9 Å². The first-order chi connectivity index (χ1) is 8.19. The van der Waals surface area contributed by atoms with Gasteiger partial charge in [0.2, 0.25) is 0 Å². The van der Waals surface area contributed by atoms with E-state index in [1.54, 1.807) is 7.11 Å². The molecule has 0 aromatic heterocycles. The van der Waals surface area contributed by atoms with Gasteiger partial charge in [0.05, 0.1) is 13.2 Å². The molecular formula is C14H23NO2. The van der Waals surface area contributed by atoms with Crippen molar-refractivity contribution in [1.29, 1.82) is 0 Å². The number of rotatable bonds is 7. The van der Waals surface area contributed by atoms with Gasteiger partial charge < -0.3 is 15.2 Å². The molecule has 1 aromatic rings. The summed E-state index contributed by atoms with van der Waals surface area (Å²) in [6, 6.07) is 7.92. The molecule has 2 atom stereocenters. The summed E-state index contributed by atoms with van der Waals surface area (Å²) < 4.78 is 5.27. The van der Waals surface area contributed by atoms with E-state index in [2.05, 4.69) is 19.2 Å². The molecule has 0 saturated heterocycles. The SMILES string of the molecule is CCC(C)C(O)CNCc1ccccc1OC. The van der Waals surface area contributed by atoms with Gasteiger partial charge in [0.25, 0.3) is 0 Å². The fraction of sp³-hybridized carbons (Fsp3) is 0.571. The van der Waals surface area contributed by atoms with Crippen LogP contribution < -0.4 is 10.1 Å². The summed E-state index contributed by atoms with van der Waals surface area (Å²) in [4.78, 5) is 0. The van der Waals surface area contributed by atoms with Crippen LogP contribution in [0, 0.1) is 5.92 Å². The minimum absolute atomic E-state index is 0.283. The van der Waals surface area contributed by atoms with Crippen LogP contribution >= 0.6 is 0 Å². The number of para-hydroxylation sites is 1. The average molecular weight is 237 g/mol. The van der Waals surface area contributed by atoms with Crippen molar-refractivity contribution in [2.75, 3.05) is 13.7 Å². The van der Waals surface area contributed by atoms with Crippen molar-refractivity contribution in [1.82, 2.24) is 5.32 Å². The van der Waals surface area contributed by atoms with E-state index in [1.165, 1.54) is 0 Å². The molecule has 0 aliphatic heterocycles. The van der Waals surface area contributed by atoms with Gasteiger partial charge in [0, 0.05) is 18.7 Å². The van der Waals surface area contributed by atoms with Crippen molar-refractivity contribution in [2.45, 2.75) is 32.9 Å². The number of nitrogens with one attached hydrogen (secondary N) is 1. The maximum Gasteiger partial charge on any atom is 0.123 e. The Morgan fingerprint density at radius 2 is 2.06 bits per heavy atom. The maximum absolute atomic E-state index is 9.83. The topological polar surface area (TPSA) is 41.5 Å². The second-order valence-electron chi connectivity index (χ2n) is 4.40. The molecule has 1 aromatic carbocycles. The Morgan fingerprint density at radius 1 is 1.35 bits per heavy atom. The number of hydrogen-bond donors (Lipinski definition) is 2. The second-order valence-corrected chi connectivity index (χ2v) is 4.40. The summed E-state index contributed by atoms with van der Waals surface area (Å²) in [6.45, 7) is 5.49. The molecule has 3 nitrogen and oxygen atoms in total. The van der Waals surface area contributed by atoms with Crippen LogP contribution in [0.1, 0.15) is 25.8 Å². The van der Waals surface area contributed by atoms with Crippen LogP contribution in [0.2, 0.25) is 0 Å². The van der Waals surface area contributed by atoms with E-state index in [9.17, 15) is 5.11 Å². The van der Waals surface area contributed by atoms with Gasteiger partial charge in [-0.1, -0.05) is 38.5 Å². The van der Waals surface area contributed by atoms with Crippen LogP contribution in [0.5, 0.6) is 5.75 Å². The summed E-state index contributed by atoms with van der Waals surface area (Å²) in [7, 11) is 1.67. The highest BCUT2D eigenvalue weighted by Gasteiger charge is 2.11. The Kier molecular flexibility index (Phi) is 6.01. The molecule has 17 heavy (non-hydrogen) atoms. The summed E-state index contributed by atoms with van der Waals surface area (Å²) in [5, 5.41) is 13.1. The highest BCUT2D eigenvalue weighted by Crippen LogP contribution is 2.16. The molecule has 1 rings (SSSR count). The monoisotopic (exact) mass is 237 g/mol. The van der Waals surface area contributed by atoms with Crippen molar-refractivity contribution >= 4 is 0 Å². The van der Waals surface area contributed by atoms with E-state index in [-0.39, 0.29) is 6.10 Å². The molecule has 2 N–H and O–H groups in total. The first-order valence-electron chi connectivity index (χ1n) is 6.19. The van der Waals surface area contributed by atoms with E-state index < -0.39 is 0 Å². The van der Waals surface area contributed by atoms with E-state index in [0.717, 1.165) is 24.3 Å². The summed E-state index contributed by atoms with van der Waals surface area (Å²) in [5.41, 5.74) is 1.12. The average Bonchev–Trinajstić information content (AvgIpc) is 2.38. The molecule has 0 heterocycles. The van der Waals surface area contributed by atoms with Crippen molar-refractivity contribution in [3.05, 3.63) is 29.8 Å². The lowest BCUT2D eigenvalue weighted by molar-refractivity contribution is 0.112. The normalized spacial score (nSPS) is 14.4. The van der Waals surface area contributed by atoms with Crippen LogP contribution in [0.3, 0.4) is 0 Å². The molecule has 2 unspecified atom stereocenters. The fourth-order valence-corrected chi connectivity index (χ4v) is 1.68. The molecule has 0 aliphatic rings. The summed E-state index contributed by atoms with van der Waals surface area (Å²) in [5.74, 6) is 1.22. The first kappa shape index (κ1) is 14.0. The van der Waals surface area contributed by atoms with Gasteiger partial charge in [-0.25, -0.2) is 0 Å². The summed E-state index contributed by atoms with van der Waals surface area (Å²) >= 11 is 0. The van der Waals surface area contributed by atoms with E-state index in [1.807, 2.05) is 24.3 Å². The fourth-order valence-electron chi connectivity index (χ4n) is 1.68. The highest BCUT2D eigenvalue weighted by atomic mass is 16.5. The van der Waals surface area contributed by atoms with Gasteiger partial charge in [-0.15, -0.1) is 0 Å². The molecule has 96 valence electrons. The number of methoxy groups -OCH3 is 1. The third-order valence-corrected chi connectivity index (χ3v) is 3.16. The summed E-state index contributed by atoms with van der Waals surface area (Å²) in [6.07, 6.45) is 0.715. The van der Waals surface area contributed by atoms with Crippen molar-refractivity contribution in [3.8, 4) is 5.75 Å². The highest BCUT2D eigenvalue weighted by molar-refractivity contribution is 5.32. The molecule has 0 spiro atoms. The van der Waals surface area contributed by atoms with Crippen molar-refractivity contribution < 1.29 is 9.84 Å². The van der Waals surface area contributed by atoms with Gasteiger partial charge in [-0.2, -0.15) is 0 Å². The minimum Gasteiger partial charge on any atom is -0.496 e. The third kappa shape index (κ3) is 4.36. The van der Waals surface area contributed by atoms with Gasteiger partial charge in [-0.3, -0.25) is 0 Å². The van der Waals surface area contributed by atoms with Crippen molar-refractivity contribution in [3.63, 3.8) is 0 Å². The minimum atomic E-state index is -0.283. The Labute approximate surface area is 104 Å². The molecule has 0 bridgehead atoms. The van der Waals surface area contributed by atoms with Crippen LogP contribution in [0.4, 0.5) is 0 Å². The smallest absolute Gasteiger partial charge is 0.123 e. The standard InChI is InChI=1S/C14H23NO2/c1-4-11(2)13(16)10-15-9-12-7-5-6-8-14(12)17-3/h5-8,11,13,15-16H,4,9-10H2,1-3H3. The molecular weight excluding hydrogens is 214 g/mol. The van der Waals surface area contributed by atoms with E-state index in [4.69, 9.17) is 4.74 Å². The largest absolute Gasteiger partial charge is 0.496 e. The number of aliphatic hydroxyl groups is 1. The van der Waals surface area contributed by atoms with Gasteiger partial charge in [0.1, 0.15) is 5.75 Å². The lowest BCUT2D eigenvalue weighted by atomic mass is 10.0. The van der Waals surface area contributed by atoms with Gasteiger partial charge in [-0.05, 0) is 12.0 Å². The molecule has 0 saturated carbocycles. The van der Waals surface area contributed by atoms with Crippen LogP contribution in [-0.2, 0) is 6.54 Å². The third-order valence-electron chi connectivity index (χ3n) is 3.16. The predicted octanol–water partition coefficient (Wildman–Crippen LogP) is 2.19. The Bertz CT molecular complexity index is 328. The Balaban J connectivity index is 2.40. The second kappa shape index (κ2) is 7.30.